The molecule has 53 heavy (non-hydrogen) atoms. The summed E-state index contributed by atoms with van der Waals surface area (Å²) in [6.07, 6.45) is 7.16. The topological polar surface area (TPSA) is 7.65 Å². The number of hydrogen-bond acceptors (Lipinski definition) is 1. The molecule has 4 fully saturated rings. The van der Waals surface area contributed by atoms with Crippen molar-refractivity contribution in [1.82, 2.24) is 4.40 Å². The van der Waals surface area contributed by atoms with Gasteiger partial charge in [0.2, 0.25) is 0 Å². The summed E-state index contributed by atoms with van der Waals surface area (Å²) in [5.74, 6) is 4.11. The zero-order valence-corrected chi connectivity index (χ0v) is 29.7. The van der Waals surface area contributed by atoms with Crippen LogP contribution in [0.4, 0.5) is 21.5 Å². The van der Waals surface area contributed by atoms with Crippen molar-refractivity contribution in [3.05, 3.63) is 169 Å². The van der Waals surface area contributed by atoms with Crippen LogP contribution in [0.1, 0.15) is 43.6 Å². The van der Waals surface area contributed by atoms with E-state index >= 15 is 0 Å². The summed E-state index contributed by atoms with van der Waals surface area (Å²) in [4.78, 5) is 2.26. The minimum atomic E-state index is -0.226. The van der Waals surface area contributed by atoms with Gasteiger partial charge in [0.05, 0.1) is 16.7 Å². The van der Waals surface area contributed by atoms with Gasteiger partial charge < -0.3 is 9.30 Å². The van der Waals surface area contributed by atoms with Gasteiger partial charge in [-0.2, -0.15) is 0 Å². The van der Waals surface area contributed by atoms with Crippen LogP contribution >= 0.6 is 0 Å². The Kier molecular flexibility index (Phi) is 7.12. The summed E-state index contributed by atoms with van der Waals surface area (Å²) in [5, 5.41) is 3.70. The first-order valence-corrected chi connectivity index (χ1v) is 19.4. The van der Waals surface area contributed by atoms with Crippen LogP contribution in [0.25, 0.3) is 49.6 Å². The fourth-order valence-corrected chi connectivity index (χ4v) is 11.0. The van der Waals surface area contributed by atoms with Gasteiger partial charge >= 0.3 is 0 Å². The molecular weight excluding hydrogens is 648 g/mol. The third-order valence-corrected chi connectivity index (χ3v) is 13.0. The van der Waals surface area contributed by atoms with Crippen molar-refractivity contribution >= 4 is 44.3 Å². The average Bonchev–Trinajstić information content (AvgIpc) is 3.55. The van der Waals surface area contributed by atoms with E-state index < -0.39 is 0 Å². The highest BCUT2D eigenvalue weighted by Crippen LogP contribution is 2.60. The highest BCUT2D eigenvalue weighted by atomic mass is 19.1. The fraction of sp³-hybridized carbons (Fsp3) is 0.200. The van der Waals surface area contributed by atoms with E-state index in [4.69, 9.17) is 0 Å². The number of hydrogen-bond donors (Lipinski definition) is 0. The molecule has 4 aliphatic carbocycles. The lowest BCUT2D eigenvalue weighted by Crippen LogP contribution is -2.43. The molecule has 0 N–H and O–H groups in total. The first kappa shape index (κ1) is 30.9. The number of para-hydroxylation sites is 1. The zero-order valence-electron chi connectivity index (χ0n) is 29.7. The SMILES string of the molecule is Fc1ccc(N(c2ccc(-c3cc4ccccc4c4c(-c5ccccc5)c5ccccc5n34)cc2)c2ccc(C3C4CC5CC(C4)CC3C5)cc2)cc1. The van der Waals surface area contributed by atoms with Crippen molar-refractivity contribution in [3.8, 4) is 22.4 Å². The van der Waals surface area contributed by atoms with Gasteiger partial charge in [0.15, 0.2) is 0 Å². The molecule has 12 rings (SSSR count). The number of benzene rings is 6. The first-order valence-electron chi connectivity index (χ1n) is 19.4. The van der Waals surface area contributed by atoms with Crippen LogP contribution in [-0.2, 0) is 0 Å². The van der Waals surface area contributed by atoms with Crippen molar-refractivity contribution in [1.29, 1.82) is 0 Å². The molecule has 2 heterocycles. The lowest BCUT2D eigenvalue weighted by Gasteiger charge is -2.54. The van der Waals surface area contributed by atoms with Gasteiger partial charge in [0.25, 0.3) is 0 Å². The zero-order chi connectivity index (χ0) is 35.0. The summed E-state index contributed by atoms with van der Waals surface area (Å²) < 4.78 is 16.7. The van der Waals surface area contributed by atoms with Crippen LogP contribution in [0.2, 0.25) is 0 Å². The second-order valence-corrected chi connectivity index (χ2v) is 16.0. The number of fused-ring (bicyclic) bond motifs is 5. The standard InChI is InChI=1S/C50H41FN2/c51-40-18-24-43(25-19-40)52(42-22-16-36(17-23-42)48-38-27-32-26-33(29-38)30-39(48)28-32)41-20-14-34(15-21-41)47-31-37-10-4-5-11-44(37)50-49(35-8-2-1-3-9-35)45-12-6-7-13-46(45)53(47)50/h1-25,31-33,38-39,48H,26-30H2. The Morgan fingerprint density at radius 2 is 1.08 bits per heavy atom. The summed E-state index contributed by atoms with van der Waals surface area (Å²) >= 11 is 0. The van der Waals surface area contributed by atoms with E-state index in [1.54, 1.807) is 12.1 Å². The molecule has 8 aromatic rings. The van der Waals surface area contributed by atoms with Crippen LogP contribution in [0, 0.1) is 29.5 Å². The summed E-state index contributed by atoms with van der Waals surface area (Å²) in [6, 6.07) is 55.8. The molecule has 2 nitrogen and oxygen atoms in total. The lowest BCUT2D eigenvalue weighted by atomic mass is 9.51. The van der Waals surface area contributed by atoms with E-state index in [0.717, 1.165) is 52.0 Å². The smallest absolute Gasteiger partial charge is 0.123 e. The van der Waals surface area contributed by atoms with Crippen molar-refractivity contribution in [3.63, 3.8) is 0 Å². The Labute approximate surface area is 310 Å². The Balaban J connectivity index is 1.03. The monoisotopic (exact) mass is 688 g/mol. The minimum absolute atomic E-state index is 0.226. The van der Waals surface area contributed by atoms with E-state index in [2.05, 4.69) is 143 Å². The molecule has 0 radical (unpaired) electrons. The van der Waals surface area contributed by atoms with Crippen molar-refractivity contribution in [2.24, 2.45) is 23.7 Å². The Morgan fingerprint density at radius 3 is 1.75 bits per heavy atom. The molecule has 0 aliphatic heterocycles. The maximum atomic E-state index is 14.2. The fourth-order valence-electron chi connectivity index (χ4n) is 11.0. The molecule has 258 valence electrons. The molecule has 0 saturated heterocycles. The van der Waals surface area contributed by atoms with Gasteiger partial charge in [-0.05, 0) is 144 Å². The molecule has 0 atom stereocenters. The number of aromatic nitrogens is 1. The summed E-state index contributed by atoms with van der Waals surface area (Å²) in [7, 11) is 0. The number of halogens is 1. The van der Waals surface area contributed by atoms with Gasteiger partial charge in [-0.1, -0.05) is 97.1 Å². The number of anilines is 3. The van der Waals surface area contributed by atoms with E-state index in [1.165, 1.54) is 76.0 Å². The maximum Gasteiger partial charge on any atom is 0.123 e. The molecule has 0 spiro atoms. The molecule has 6 aromatic carbocycles. The Morgan fingerprint density at radius 1 is 0.509 bits per heavy atom. The van der Waals surface area contributed by atoms with E-state index in [-0.39, 0.29) is 5.82 Å². The highest BCUT2D eigenvalue weighted by molar-refractivity contribution is 6.16. The Bertz CT molecular complexity index is 2590. The van der Waals surface area contributed by atoms with E-state index in [0.29, 0.717) is 5.92 Å². The lowest BCUT2D eigenvalue weighted by molar-refractivity contribution is -0.00277. The van der Waals surface area contributed by atoms with Crippen LogP contribution in [-0.4, -0.2) is 4.40 Å². The number of nitrogens with zero attached hydrogens (tertiary/aromatic N) is 2. The molecule has 4 saturated carbocycles. The molecule has 4 bridgehead atoms. The third kappa shape index (κ3) is 5.05. The molecular formula is C50H41FN2. The number of rotatable bonds is 6. The minimum Gasteiger partial charge on any atom is -0.311 e. The molecule has 0 amide bonds. The van der Waals surface area contributed by atoms with Crippen molar-refractivity contribution in [2.45, 2.75) is 38.0 Å². The maximum absolute atomic E-state index is 14.2. The Hall–Kier alpha value is -5.67. The normalized spacial score (nSPS) is 21.9. The van der Waals surface area contributed by atoms with E-state index in [1.807, 2.05) is 12.1 Å². The van der Waals surface area contributed by atoms with Crippen molar-refractivity contribution in [2.75, 3.05) is 4.90 Å². The average molecular weight is 689 g/mol. The quantitative estimate of drug-likeness (QED) is 0.169. The van der Waals surface area contributed by atoms with Crippen LogP contribution < -0.4 is 4.90 Å². The van der Waals surface area contributed by atoms with Gasteiger partial charge in [0, 0.05) is 33.4 Å². The van der Waals surface area contributed by atoms with E-state index in [9.17, 15) is 4.39 Å². The molecule has 3 heteroatoms. The van der Waals surface area contributed by atoms with Gasteiger partial charge in [0.1, 0.15) is 5.82 Å². The van der Waals surface area contributed by atoms with Crippen molar-refractivity contribution < 1.29 is 4.39 Å². The summed E-state index contributed by atoms with van der Waals surface area (Å²) in [5.41, 5.74) is 11.8. The largest absolute Gasteiger partial charge is 0.311 e. The van der Waals surface area contributed by atoms with Gasteiger partial charge in [-0.3, -0.25) is 0 Å². The first-order chi connectivity index (χ1) is 26.2. The van der Waals surface area contributed by atoms with Crippen LogP contribution in [0.3, 0.4) is 0 Å². The van der Waals surface area contributed by atoms with Gasteiger partial charge in [-0.25, -0.2) is 4.39 Å². The second-order valence-electron chi connectivity index (χ2n) is 16.0. The highest BCUT2D eigenvalue weighted by Gasteiger charge is 2.48. The molecule has 0 unspecified atom stereocenters. The van der Waals surface area contributed by atoms with Gasteiger partial charge in [-0.15, -0.1) is 0 Å². The van der Waals surface area contributed by atoms with Crippen LogP contribution in [0.15, 0.2) is 158 Å². The number of pyridine rings is 1. The molecule has 2 aromatic heterocycles. The van der Waals surface area contributed by atoms with Crippen LogP contribution in [0.5, 0.6) is 0 Å². The third-order valence-electron chi connectivity index (χ3n) is 13.0. The second kappa shape index (κ2) is 12.2. The molecule has 4 aliphatic rings. The predicted molar refractivity (Wildman–Crippen MR) is 218 cm³/mol. The predicted octanol–water partition coefficient (Wildman–Crippen LogP) is 13.7. The summed E-state index contributed by atoms with van der Waals surface area (Å²) in [6.45, 7) is 0.